The van der Waals surface area contributed by atoms with Gasteiger partial charge in [-0.05, 0) is 31.5 Å². The molecular weight excluding hydrogens is 294 g/mol. The van der Waals surface area contributed by atoms with E-state index in [9.17, 15) is 9.59 Å². The summed E-state index contributed by atoms with van der Waals surface area (Å²) in [7, 11) is 3.27. The van der Waals surface area contributed by atoms with Crippen LogP contribution in [0.5, 0.6) is 0 Å². The molecule has 3 rings (SSSR count). The second-order valence-electron chi connectivity index (χ2n) is 5.58. The molecule has 0 aliphatic rings. The summed E-state index contributed by atoms with van der Waals surface area (Å²) in [6, 6.07) is 7.60. The van der Waals surface area contributed by atoms with Gasteiger partial charge in [0.25, 0.3) is 11.5 Å². The summed E-state index contributed by atoms with van der Waals surface area (Å²) in [5, 5.41) is 0.219. The van der Waals surface area contributed by atoms with Gasteiger partial charge in [-0.25, -0.2) is 4.98 Å². The number of carbonyl (C=O) groups is 1. The van der Waals surface area contributed by atoms with E-state index in [0.717, 1.165) is 11.3 Å². The highest BCUT2D eigenvalue weighted by Crippen LogP contribution is 2.24. The fourth-order valence-corrected chi connectivity index (χ4v) is 2.57. The van der Waals surface area contributed by atoms with Gasteiger partial charge in [0.15, 0.2) is 0 Å². The zero-order valence-corrected chi connectivity index (χ0v) is 13.5. The van der Waals surface area contributed by atoms with Gasteiger partial charge in [0.05, 0.1) is 5.56 Å². The molecule has 2 heterocycles. The van der Waals surface area contributed by atoms with Crippen LogP contribution in [-0.2, 0) is 7.05 Å². The number of benzene rings is 1. The van der Waals surface area contributed by atoms with Crippen molar-refractivity contribution in [3.8, 4) is 0 Å². The molecule has 23 heavy (non-hydrogen) atoms. The molecule has 0 fully saturated rings. The Hall–Kier alpha value is -2.89. The standard InChI is InChI=1S/C17H17N3O3/c1-10-6-5-7-12(8-10)20(4)17(22)13-11(2)23-15-14(13)16(21)19(3)9-18-15/h5-9H,1-4H3. The van der Waals surface area contributed by atoms with Gasteiger partial charge in [0, 0.05) is 19.8 Å². The first-order valence-corrected chi connectivity index (χ1v) is 7.19. The lowest BCUT2D eigenvalue weighted by atomic mass is 10.1. The number of aryl methyl sites for hydroxylation is 3. The van der Waals surface area contributed by atoms with Gasteiger partial charge in [0.2, 0.25) is 5.71 Å². The number of fused-ring (bicyclic) bond motifs is 1. The summed E-state index contributed by atoms with van der Waals surface area (Å²) < 4.78 is 6.83. The molecule has 0 atom stereocenters. The molecule has 0 radical (unpaired) electrons. The minimum Gasteiger partial charge on any atom is -0.442 e. The van der Waals surface area contributed by atoms with Crippen molar-refractivity contribution in [1.29, 1.82) is 0 Å². The number of aromatic nitrogens is 2. The predicted octanol–water partition coefficient (Wildman–Crippen LogP) is 2.42. The molecule has 0 aliphatic heterocycles. The number of hydrogen-bond donors (Lipinski definition) is 0. The highest BCUT2D eigenvalue weighted by atomic mass is 16.3. The average molecular weight is 311 g/mol. The SMILES string of the molecule is Cc1cccc(N(C)C(=O)c2c(C)oc3ncn(C)c(=O)c23)c1. The Morgan fingerprint density at radius 2 is 2.04 bits per heavy atom. The van der Waals surface area contributed by atoms with Crippen molar-refractivity contribution < 1.29 is 9.21 Å². The number of furan rings is 1. The Labute approximate surface area is 133 Å². The number of hydrogen-bond acceptors (Lipinski definition) is 4. The molecule has 1 amide bonds. The molecule has 0 saturated carbocycles. The van der Waals surface area contributed by atoms with Crippen LogP contribution >= 0.6 is 0 Å². The van der Waals surface area contributed by atoms with Crippen LogP contribution in [0.4, 0.5) is 5.69 Å². The summed E-state index contributed by atoms with van der Waals surface area (Å²) in [6.07, 6.45) is 1.38. The summed E-state index contributed by atoms with van der Waals surface area (Å²) in [5.74, 6) is 0.0947. The second kappa shape index (κ2) is 5.39. The number of anilines is 1. The molecule has 1 aromatic carbocycles. The van der Waals surface area contributed by atoms with Gasteiger partial charge >= 0.3 is 0 Å². The van der Waals surface area contributed by atoms with E-state index in [-0.39, 0.29) is 28.1 Å². The van der Waals surface area contributed by atoms with E-state index >= 15 is 0 Å². The van der Waals surface area contributed by atoms with E-state index in [1.54, 1.807) is 21.0 Å². The van der Waals surface area contributed by atoms with Crippen LogP contribution < -0.4 is 10.5 Å². The molecular formula is C17H17N3O3. The largest absolute Gasteiger partial charge is 0.442 e. The molecule has 0 spiro atoms. The molecule has 6 heteroatoms. The minimum absolute atomic E-state index is 0.187. The molecule has 6 nitrogen and oxygen atoms in total. The first kappa shape index (κ1) is 15.0. The van der Waals surface area contributed by atoms with Crippen molar-refractivity contribution in [2.45, 2.75) is 13.8 Å². The van der Waals surface area contributed by atoms with Crippen molar-refractivity contribution in [2.75, 3.05) is 11.9 Å². The van der Waals surface area contributed by atoms with E-state index in [0.29, 0.717) is 5.76 Å². The third-order valence-electron chi connectivity index (χ3n) is 3.86. The quantitative estimate of drug-likeness (QED) is 0.729. The second-order valence-corrected chi connectivity index (χ2v) is 5.58. The number of rotatable bonds is 2. The highest BCUT2D eigenvalue weighted by molar-refractivity contribution is 6.13. The normalized spacial score (nSPS) is 11.0. The van der Waals surface area contributed by atoms with Crippen molar-refractivity contribution in [3.63, 3.8) is 0 Å². The zero-order valence-electron chi connectivity index (χ0n) is 13.5. The Bertz CT molecular complexity index is 969. The molecule has 0 N–H and O–H groups in total. The van der Waals surface area contributed by atoms with Crippen LogP contribution in [0.1, 0.15) is 21.7 Å². The zero-order chi connectivity index (χ0) is 16.7. The smallest absolute Gasteiger partial charge is 0.265 e. The lowest BCUT2D eigenvalue weighted by molar-refractivity contribution is 0.0993. The van der Waals surface area contributed by atoms with Crippen molar-refractivity contribution in [1.82, 2.24) is 9.55 Å². The minimum atomic E-state index is -0.298. The summed E-state index contributed by atoms with van der Waals surface area (Å²) in [4.78, 5) is 30.9. The van der Waals surface area contributed by atoms with Gasteiger partial charge < -0.3 is 13.9 Å². The Morgan fingerprint density at radius 1 is 1.30 bits per heavy atom. The molecule has 0 bridgehead atoms. The van der Waals surface area contributed by atoms with Crippen LogP contribution in [0.25, 0.3) is 11.1 Å². The van der Waals surface area contributed by atoms with Crippen molar-refractivity contribution >= 4 is 22.7 Å². The monoisotopic (exact) mass is 311 g/mol. The third kappa shape index (κ3) is 2.42. The van der Waals surface area contributed by atoms with Crippen LogP contribution in [0.3, 0.4) is 0 Å². The topological polar surface area (TPSA) is 68.3 Å². The van der Waals surface area contributed by atoms with Gasteiger partial charge in [-0.3, -0.25) is 9.59 Å². The third-order valence-corrected chi connectivity index (χ3v) is 3.86. The predicted molar refractivity (Wildman–Crippen MR) is 87.9 cm³/mol. The van der Waals surface area contributed by atoms with Gasteiger partial charge in [-0.1, -0.05) is 12.1 Å². The maximum Gasteiger partial charge on any atom is 0.265 e. The molecule has 0 aliphatic carbocycles. The molecule has 0 saturated heterocycles. The van der Waals surface area contributed by atoms with Crippen LogP contribution in [0.15, 0.2) is 39.8 Å². The summed E-state index contributed by atoms with van der Waals surface area (Å²) in [5.41, 5.74) is 1.95. The molecule has 2 aromatic heterocycles. The number of carbonyl (C=O) groups excluding carboxylic acids is 1. The Kier molecular flexibility index (Phi) is 3.52. The Balaban J connectivity index is 2.16. The van der Waals surface area contributed by atoms with E-state index in [4.69, 9.17) is 4.42 Å². The maximum absolute atomic E-state index is 12.9. The van der Waals surface area contributed by atoms with E-state index < -0.39 is 0 Å². The van der Waals surface area contributed by atoms with E-state index in [1.165, 1.54) is 15.8 Å². The average Bonchev–Trinajstić information content (AvgIpc) is 2.86. The van der Waals surface area contributed by atoms with Crippen LogP contribution in [0, 0.1) is 13.8 Å². The lowest BCUT2D eigenvalue weighted by Gasteiger charge is -2.17. The van der Waals surface area contributed by atoms with Gasteiger partial charge in [0.1, 0.15) is 17.5 Å². The van der Waals surface area contributed by atoms with E-state index in [1.807, 2.05) is 31.2 Å². The Morgan fingerprint density at radius 3 is 2.74 bits per heavy atom. The van der Waals surface area contributed by atoms with Gasteiger partial charge in [-0.15, -0.1) is 0 Å². The number of nitrogens with zero attached hydrogens (tertiary/aromatic N) is 3. The molecule has 0 unspecified atom stereocenters. The van der Waals surface area contributed by atoms with Crippen molar-refractivity contribution in [2.24, 2.45) is 7.05 Å². The fraction of sp³-hybridized carbons (Fsp3) is 0.235. The van der Waals surface area contributed by atoms with Crippen LogP contribution in [0.2, 0.25) is 0 Å². The first-order chi connectivity index (χ1) is 10.9. The van der Waals surface area contributed by atoms with Crippen LogP contribution in [-0.4, -0.2) is 22.5 Å². The first-order valence-electron chi connectivity index (χ1n) is 7.19. The summed E-state index contributed by atoms with van der Waals surface area (Å²) >= 11 is 0. The number of amides is 1. The molecule has 118 valence electrons. The fourth-order valence-electron chi connectivity index (χ4n) is 2.57. The van der Waals surface area contributed by atoms with Crippen molar-refractivity contribution in [3.05, 3.63) is 57.8 Å². The molecule has 3 aromatic rings. The maximum atomic E-state index is 12.9. The van der Waals surface area contributed by atoms with Gasteiger partial charge in [-0.2, -0.15) is 0 Å². The summed E-state index contributed by atoms with van der Waals surface area (Å²) in [6.45, 7) is 3.62. The highest BCUT2D eigenvalue weighted by Gasteiger charge is 2.25. The van der Waals surface area contributed by atoms with E-state index in [2.05, 4.69) is 4.98 Å². The lowest BCUT2D eigenvalue weighted by Crippen LogP contribution is -2.28.